The van der Waals surface area contributed by atoms with Gasteiger partial charge in [-0.1, -0.05) is 164 Å². The molecule has 1 aliphatic rings. The lowest BCUT2D eigenvalue weighted by molar-refractivity contribution is 1.28. The predicted molar refractivity (Wildman–Crippen MR) is 227 cm³/mol. The zero-order valence-corrected chi connectivity index (χ0v) is 29.2. The molecule has 0 amide bonds. The molecule has 0 N–H and O–H groups in total. The van der Waals surface area contributed by atoms with Crippen LogP contribution in [-0.2, 0) is 0 Å². The summed E-state index contributed by atoms with van der Waals surface area (Å²) in [5, 5.41) is 5.15. The van der Waals surface area contributed by atoms with Gasteiger partial charge in [-0.05, 0) is 126 Å². The molecular formula is C52H35N. The summed E-state index contributed by atoms with van der Waals surface area (Å²) in [7, 11) is 0. The summed E-state index contributed by atoms with van der Waals surface area (Å²) in [6, 6.07) is 72.6. The van der Waals surface area contributed by atoms with Crippen molar-refractivity contribution in [2.24, 2.45) is 0 Å². The second kappa shape index (κ2) is 13.0. The van der Waals surface area contributed by atoms with Gasteiger partial charge in [0.25, 0.3) is 0 Å². The van der Waals surface area contributed by atoms with E-state index < -0.39 is 0 Å². The Morgan fingerprint density at radius 2 is 0.774 bits per heavy atom. The standard InChI is InChI=1S/C52H35N/c1-3-10-36(11-4-1)37-20-27-45(28-21-37)53(47-31-24-41(25-32-47)49-17-9-15-40-14-7-8-16-48(40)49)46-29-22-38(23-30-46)44-34-43-19-18-42-26-33-50(51(35-44)52(42)43)39-12-5-2-6-13-39/h1-35H. The molecule has 1 nitrogen and oxygen atoms in total. The molecular weight excluding hydrogens is 639 g/mol. The Balaban J connectivity index is 1.05. The van der Waals surface area contributed by atoms with Crippen LogP contribution in [0.5, 0.6) is 0 Å². The lowest BCUT2D eigenvalue weighted by Gasteiger charge is -2.26. The molecule has 1 heteroatoms. The zero-order chi connectivity index (χ0) is 35.1. The Bertz CT molecular complexity index is 2770. The summed E-state index contributed by atoms with van der Waals surface area (Å²) in [5.74, 6) is 0. The number of rotatable bonds is 7. The SMILES string of the molecule is C1=Cc2cc(-c3ccc(N(c4ccc(-c5ccccc5)cc4)c4ccc(-c5cccc6ccccc56)cc4)cc3)cc3c(-c4ccccc4)ccc1c23. The average molecular weight is 674 g/mol. The van der Waals surface area contributed by atoms with Crippen molar-refractivity contribution in [1.82, 2.24) is 0 Å². The first kappa shape index (κ1) is 30.8. The molecule has 53 heavy (non-hydrogen) atoms. The van der Waals surface area contributed by atoms with Crippen molar-refractivity contribution in [3.8, 4) is 44.5 Å². The fourth-order valence-corrected chi connectivity index (χ4v) is 7.98. The van der Waals surface area contributed by atoms with Gasteiger partial charge in [0.05, 0.1) is 0 Å². The van der Waals surface area contributed by atoms with Crippen molar-refractivity contribution < 1.29 is 0 Å². The highest BCUT2D eigenvalue weighted by atomic mass is 15.1. The lowest BCUT2D eigenvalue weighted by Crippen LogP contribution is -2.09. The van der Waals surface area contributed by atoms with Gasteiger partial charge in [0.15, 0.2) is 0 Å². The number of benzene rings is 9. The summed E-state index contributed by atoms with van der Waals surface area (Å²) in [5.41, 5.74) is 15.7. The summed E-state index contributed by atoms with van der Waals surface area (Å²) >= 11 is 0. The second-order valence-corrected chi connectivity index (χ2v) is 13.8. The molecule has 0 spiro atoms. The molecule has 0 fully saturated rings. The van der Waals surface area contributed by atoms with Gasteiger partial charge in [-0.25, -0.2) is 0 Å². The summed E-state index contributed by atoms with van der Waals surface area (Å²) in [6.07, 6.45) is 4.50. The van der Waals surface area contributed by atoms with E-state index in [1.165, 1.54) is 77.2 Å². The van der Waals surface area contributed by atoms with Crippen molar-refractivity contribution in [3.05, 3.63) is 211 Å². The fourth-order valence-electron chi connectivity index (χ4n) is 7.98. The molecule has 9 aromatic carbocycles. The quantitative estimate of drug-likeness (QED) is 0.163. The average Bonchev–Trinajstić information content (AvgIpc) is 3.66. The van der Waals surface area contributed by atoms with Crippen LogP contribution in [0.15, 0.2) is 200 Å². The van der Waals surface area contributed by atoms with Gasteiger partial charge in [-0.15, -0.1) is 0 Å². The first-order valence-corrected chi connectivity index (χ1v) is 18.3. The minimum atomic E-state index is 1.11. The monoisotopic (exact) mass is 673 g/mol. The Labute approximate surface area is 310 Å². The van der Waals surface area contributed by atoms with E-state index in [4.69, 9.17) is 0 Å². The van der Waals surface area contributed by atoms with Crippen LogP contribution in [0, 0.1) is 0 Å². The van der Waals surface area contributed by atoms with Crippen molar-refractivity contribution in [2.45, 2.75) is 0 Å². The number of hydrogen-bond donors (Lipinski definition) is 0. The molecule has 9 aromatic rings. The van der Waals surface area contributed by atoms with Crippen LogP contribution < -0.4 is 4.90 Å². The molecule has 0 radical (unpaired) electrons. The van der Waals surface area contributed by atoms with E-state index in [0.717, 1.165) is 17.1 Å². The molecule has 0 saturated heterocycles. The first-order chi connectivity index (χ1) is 26.3. The molecule has 0 aliphatic heterocycles. The highest BCUT2D eigenvalue weighted by Crippen LogP contribution is 2.42. The molecule has 0 unspecified atom stereocenters. The molecule has 248 valence electrons. The van der Waals surface area contributed by atoms with Crippen molar-refractivity contribution in [2.75, 3.05) is 4.90 Å². The molecule has 0 aromatic heterocycles. The second-order valence-electron chi connectivity index (χ2n) is 13.8. The third-order valence-corrected chi connectivity index (χ3v) is 10.6. The van der Waals surface area contributed by atoms with Crippen LogP contribution in [0.2, 0.25) is 0 Å². The smallest absolute Gasteiger partial charge is 0.0462 e. The third kappa shape index (κ3) is 5.60. The minimum absolute atomic E-state index is 1.11. The summed E-state index contributed by atoms with van der Waals surface area (Å²) in [6.45, 7) is 0. The third-order valence-electron chi connectivity index (χ3n) is 10.6. The van der Waals surface area contributed by atoms with Crippen molar-refractivity contribution >= 4 is 50.8 Å². The van der Waals surface area contributed by atoms with Gasteiger partial charge in [0, 0.05) is 17.1 Å². The van der Waals surface area contributed by atoms with Gasteiger partial charge in [0.1, 0.15) is 0 Å². The van der Waals surface area contributed by atoms with E-state index in [2.05, 4.69) is 217 Å². The Kier molecular flexibility index (Phi) is 7.55. The normalized spacial score (nSPS) is 11.7. The highest BCUT2D eigenvalue weighted by molar-refractivity contribution is 6.12. The first-order valence-electron chi connectivity index (χ1n) is 18.3. The number of fused-ring (bicyclic) bond motifs is 1. The molecule has 0 heterocycles. The maximum absolute atomic E-state index is 2.37. The molecule has 10 rings (SSSR count). The maximum atomic E-state index is 2.37. The molecule has 0 atom stereocenters. The van der Waals surface area contributed by atoms with E-state index in [-0.39, 0.29) is 0 Å². The van der Waals surface area contributed by atoms with E-state index in [0.29, 0.717) is 0 Å². The van der Waals surface area contributed by atoms with Crippen LogP contribution in [0.25, 0.3) is 78.2 Å². The Morgan fingerprint density at radius 3 is 1.45 bits per heavy atom. The van der Waals surface area contributed by atoms with Crippen LogP contribution in [-0.4, -0.2) is 0 Å². The van der Waals surface area contributed by atoms with Crippen molar-refractivity contribution in [1.29, 1.82) is 0 Å². The Morgan fingerprint density at radius 1 is 0.283 bits per heavy atom. The zero-order valence-electron chi connectivity index (χ0n) is 29.2. The molecule has 0 bridgehead atoms. The van der Waals surface area contributed by atoms with Gasteiger partial charge in [-0.3, -0.25) is 0 Å². The fraction of sp³-hybridized carbons (Fsp3) is 0. The van der Waals surface area contributed by atoms with Crippen LogP contribution in [0.3, 0.4) is 0 Å². The van der Waals surface area contributed by atoms with E-state index in [9.17, 15) is 0 Å². The van der Waals surface area contributed by atoms with Gasteiger partial charge >= 0.3 is 0 Å². The van der Waals surface area contributed by atoms with Crippen LogP contribution >= 0.6 is 0 Å². The van der Waals surface area contributed by atoms with E-state index in [1.807, 2.05) is 0 Å². The van der Waals surface area contributed by atoms with Gasteiger partial charge in [0.2, 0.25) is 0 Å². The topological polar surface area (TPSA) is 3.24 Å². The maximum Gasteiger partial charge on any atom is 0.0462 e. The van der Waals surface area contributed by atoms with Gasteiger partial charge < -0.3 is 4.90 Å². The number of anilines is 3. The largest absolute Gasteiger partial charge is 0.311 e. The molecule has 0 saturated carbocycles. The van der Waals surface area contributed by atoms with E-state index >= 15 is 0 Å². The summed E-state index contributed by atoms with van der Waals surface area (Å²) in [4.78, 5) is 2.36. The van der Waals surface area contributed by atoms with Crippen LogP contribution in [0.4, 0.5) is 17.1 Å². The van der Waals surface area contributed by atoms with Crippen molar-refractivity contribution in [3.63, 3.8) is 0 Å². The Hall–Kier alpha value is -6.96. The predicted octanol–water partition coefficient (Wildman–Crippen LogP) is 14.6. The van der Waals surface area contributed by atoms with E-state index in [1.54, 1.807) is 0 Å². The molecule has 1 aliphatic carbocycles. The minimum Gasteiger partial charge on any atom is -0.311 e. The lowest BCUT2D eigenvalue weighted by atomic mass is 9.91. The van der Waals surface area contributed by atoms with Crippen LogP contribution in [0.1, 0.15) is 11.1 Å². The van der Waals surface area contributed by atoms with Gasteiger partial charge in [-0.2, -0.15) is 0 Å². The number of hydrogen-bond acceptors (Lipinski definition) is 1. The summed E-state index contributed by atoms with van der Waals surface area (Å²) < 4.78 is 0. The number of nitrogens with zero attached hydrogens (tertiary/aromatic N) is 1. The highest BCUT2D eigenvalue weighted by Gasteiger charge is 2.17.